The van der Waals surface area contributed by atoms with E-state index in [9.17, 15) is 9.18 Å². The van der Waals surface area contributed by atoms with E-state index in [0.29, 0.717) is 35.4 Å². The number of hydrogen-bond donors (Lipinski definition) is 2. The van der Waals surface area contributed by atoms with Crippen molar-refractivity contribution in [2.45, 2.75) is 13.0 Å². The van der Waals surface area contributed by atoms with Crippen molar-refractivity contribution in [3.8, 4) is 0 Å². The van der Waals surface area contributed by atoms with E-state index in [-0.39, 0.29) is 11.6 Å². The number of H-pyrrole nitrogens is 1. The molecule has 5 nitrogen and oxygen atoms in total. The van der Waals surface area contributed by atoms with Crippen molar-refractivity contribution in [1.29, 1.82) is 0 Å². The fourth-order valence-corrected chi connectivity index (χ4v) is 3.99. The van der Waals surface area contributed by atoms with Crippen LogP contribution in [0.5, 0.6) is 0 Å². The summed E-state index contributed by atoms with van der Waals surface area (Å²) in [7, 11) is 0. The lowest BCUT2D eigenvalue weighted by atomic mass is 10.2. The first-order valence-corrected chi connectivity index (χ1v) is 10.7. The highest BCUT2D eigenvalue weighted by Gasteiger charge is 2.18. The molecular formula is C25H20ClFN4O. The number of rotatable bonds is 6. The summed E-state index contributed by atoms with van der Waals surface area (Å²) in [6.45, 7) is 0.883. The normalized spacial score (nSPS) is 11.3. The van der Waals surface area contributed by atoms with Crippen LogP contribution in [0.15, 0.2) is 72.8 Å². The molecule has 0 radical (unpaired) electrons. The summed E-state index contributed by atoms with van der Waals surface area (Å²) >= 11 is 5.97. The van der Waals surface area contributed by atoms with Gasteiger partial charge in [0.25, 0.3) is 5.91 Å². The van der Waals surface area contributed by atoms with Crippen LogP contribution in [-0.4, -0.2) is 27.2 Å². The first-order chi connectivity index (χ1) is 15.6. The molecule has 0 saturated carbocycles. The van der Waals surface area contributed by atoms with Gasteiger partial charge in [0, 0.05) is 34.6 Å². The molecule has 2 heterocycles. The van der Waals surface area contributed by atoms with Crippen molar-refractivity contribution in [1.82, 2.24) is 20.1 Å². The lowest BCUT2D eigenvalue weighted by Crippen LogP contribution is -2.26. The second-order valence-electron chi connectivity index (χ2n) is 7.68. The third kappa shape index (κ3) is 4.09. The number of carbonyl (C=O) groups excluding carboxylic acids is 1. The summed E-state index contributed by atoms with van der Waals surface area (Å²) in [5.74, 6) is -0.734. The Labute approximate surface area is 188 Å². The van der Waals surface area contributed by atoms with E-state index in [1.807, 2.05) is 36.4 Å². The summed E-state index contributed by atoms with van der Waals surface area (Å²) in [5.41, 5.74) is 3.99. The van der Waals surface area contributed by atoms with Gasteiger partial charge in [-0.05, 0) is 53.4 Å². The van der Waals surface area contributed by atoms with Gasteiger partial charge in [0.05, 0.1) is 12.1 Å². The number of halogens is 2. The number of hydrogen-bond acceptors (Lipinski definition) is 2. The van der Waals surface area contributed by atoms with Gasteiger partial charge in [-0.15, -0.1) is 0 Å². The first-order valence-electron chi connectivity index (χ1n) is 10.3. The Hall–Kier alpha value is -3.64. The van der Waals surface area contributed by atoms with Crippen LogP contribution >= 0.6 is 11.6 Å². The predicted octanol–water partition coefficient (Wildman–Crippen LogP) is 5.33. The highest BCUT2D eigenvalue weighted by Crippen LogP contribution is 2.22. The molecule has 0 aliphatic heterocycles. The highest BCUT2D eigenvalue weighted by atomic mass is 35.5. The number of benzene rings is 3. The average molecular weight is 447 g/mol. The number of para-hydroxylation sites is 1. The maximum absolute atomic E-state index is 13.9. The molecule has 0 fully saturated rings. The molecule has 160 valence electrons. The van der Waals surface area contributed by atoms with Crippen molar-refractivity contribution >= 4 is 39.3 Å². The van der Waals surface area contributed by atoms with Gasteiger partial charge in [-0.1, -0.05) is 41.9 Å². The summed E-state index contributed by atoms with van der Waals surface area (Å²) in [5, 5.41) is 9.69. The van der Waals surface area contributed by atoms with Gasteiger partial charge in [-0.2, -0.15) is 5.10 Å². The molecule has 0 bridgehead atoms. The van der Waals surface area contributed by atoms with Crippen LogP contribution in [0, 0.1) is 5.82 Å². The molecule has 0 aliphatic rings. The number of nitrogens with zero attached hydrogens (tertiary/aromatic N) is 2. The molecule has 2 N–H and O–H groups in total. The van der Waals surface area contributed by atoms with E-state index in [4.69, 9.17) is 11.6 Å². The molecule has 0 aliphatic carbocycles. The van der Waals surface area contributed by atoms with Gasteiger partial charge in [0.15, 0.2) is 5.69 Å². The molecule has 5 aromatic rings. The van der Waals surface area contributed by atoms with Crippen LogP contribution in [0.25, 0.3) is 21.8 Å². The fraction of sp³-hybridized carbons (Fsp3) is 0.120. The Bertz CT molecular complexity index is 1390. The van der Waals surface area contributed by atoms with E-state index >= 15 is 0 Å². The zero-order chi connectivity index (χ0) is 22.1. The summed E-state index contributed by atoms with van der Waals surface area (Å²) in [6.07, 6.45) is 0.651. The topological polar surface area (TPSA) is 62.7 Å². The quantitative estimate of drug-likeness (QED) is 0.370. The van der Waals surface area contributed by atoms with Gasteiger partial charge in [0.2, 0.25) is 0 Å². The Kier molecular flexibility index (Phi) is 5.37. The monoisotopic (exact) mass is 446 g/mol. The van der Waals surface area contributed by atoms with Gasteiger partial charge in [-0.25, -0.2) is 4.39 Å². The van der Waals surface area contributed by atoms with Crippen LogP contribution in [0.2, 0.25) is 5.02 Å². The number of aromatic amines is 1. The zero-order valence-electron chi connectivity index (χ0n) is 17.1. The van der Waals surface area contributed by atoms with Gasteiger partial charge < -0.3 is 10.3 Å². The predicted molar refractivity (Wildman–Crippen MR) is 125 cm³/mol. The van der Waals surface area contributed by atoms with Crippen molar-refractivity contribution in [3.05, 3.63) is 101 Å². The minimum Gasteiger partial charge on any atom is -0.358 e. The fourth-order valence-electron chi connectivity index (χ4n) is 3.87. The smallest absolute Gasteiger partial charge is 0.272 e. The van der Waals surface area contributed by atoms with Crippen LogP contribution < -0.4 is 5.32 Å². The molecule has 5 rings (SSSR count). The molecule has 0 saturated heterocycles. The number of nitrogens with one attached hydrogen (secondary N) is 2. The van der Waals surface area contributed by atoms with Crippen LogP contribution in [0.3, 0.4) is 0 Å². The summed E-state index contributed by atoms with van der Waals surface area (Å²) < 4.78 is 15.7. The van der Waals surface area contributed by atoms with E-state index in [1.165, 1.54) is 12.1 Å². The second-order valence-corrected chi connectivity index (χ2v) is 8.12. The van der Waals surface area contributed by atoms with Gasteiger partial charge in [-0.3, -0.25) is 9.48 Å². The molecule has 3 aromatic carbocycles. The van der Waals surface area contributed by atoms with Crippen molar-refractivity contribution in [2.75, 3.05) is 6.54 Å². The largest absolute Gasteiger partial charge is 0.358 e. The Morgan fingerprint density at radius 2 is 1.88 bits per heavy atom. The van der Waals surface area contributed by atoms with E-state index in [1.54, 1.807) is 22.9 Å². The highest BCUT2D eigenvalue weighted by molar-refractivity contribution is 6.30. The molecule has 1 amide bonds. The summed E-state index contributed by atoms with van der Waals surface area (Å²) in [6, 6.07) is 21.9. The first kappa shape index (κ1) is 20.3. The van der Waals surface area contributed by atoms with Crippen LogP contribution in [0.4, 0.5) is 4.39 Å². The minimum absolute atomic E-state index is 0.213. The third-order valence-electron chi connectivity index (χ3n) is 5.44. The zero-order valence-corrected chi connectivity index (χ0v) is 17.9. The third-order valence-corrected chi connectivity index (χ3v) is 5.69. The maximum atomic E-state index is 13.9. The summed E-state index contributed by atoms with van der Waals surface area (Å²) in [4.78, 5) is 16.3. The standard InChI is InChI=1S/C25H20ClFN4O/c26-18-7-5-16(6-8-18)15-31-23-10-9-19(27)14-21(23)24(30-31)25(32)28-12-11-20-13-17-3-1-2-4-22(17)29-20/h1-10,13-14,29H,11-12,15H2,(H,28,32). The van der Waals surface area contributed by atoms with E-state index < -0.39 is 5.82 Å². The number of carbonyl (C=O) groups is 1. The van der Waals surface area contributed by atoms with Crippen LogP contribution in [-0.2, 0) is 13.0 Å². The second kappa shape index (κ2) is 8.48. The van der Waals surface area contributed by atoms with E-state index in [0.717, 1.165) is 22.2 Å². The Morgan fingerprint density at radius 3 is 2.69 bits per heavy atom. The lowest BCUT2D eigenvalue weighted by molar-refractivity contribution is 0.0950. The molecule has 2 aromatic heterocycles. The maximum Gasteiger partial charge on any atom is 0.272 e. The van der Waals surface area contributed by atoms with Gasteiger partial charge >= 0.3 is 0 Å². The Morgan fingerprint density at radius 1 is 1.06 bits per heavy atom. The van der Waals surface area contributed by atoms with Crippen molar-refractivity contribution in [2.24, 2.45) is 0 Å². The number of amides is 1. The van der Waals surface area contributed by atoms with Crippen molar-refractivity contribution < 1.29 is 9.18 Å². The molecular weight excluding hydrogens is 427 g/mol. The molecule has 0 spiro atoms. The molecule has 32 heavy (non-hydrogen) atoms. The van der Waals surface area contributed by atoms with Crippen LogP contribution in [0.1, 0.15) is 21.7 Å². The SMILES string of the molecule is O=C(NCCc1cc2ccccc2[nH]1)c1nn(Cc2ccc(Cl)cc2)c2ccc(F)cc12. The van der Waals surface area contributed by atoms with Crippen molar-refractivity contribution in [3.63, 3.8) is 0 Å². The Balaban J connectivity index is 1.35. The number of aromatic nitrogens is 3. The minimum atomic E-state index is -0.407. The molecule has 0 atom stereocenters. The molecule has 7 heteroatoms. The number of fused-ring (bicyclic) bond motifs is 2. The van der Waals surface area contributed by atoms with E-state index in [2.05, 4.69) is 21.5 Å². The molecule has 0 unspecified atom stereocenters. The average Bonchev–Trinajstić information content (AvgIpc) is 3.36. The van der Waals surface area contributed by atoms with Gasteiger partial charge in [0.1, 0.15) is 5.82 Å². The lowest BCUT2D eigenvalue weighted by Gasteiger charge is -2.04.